The zero-order chi connectivity index (χ0) is 22.1. The van der Waals surface area contributed by atoms with Crippen LogP contribution in [-0.4, -0.2) is 64.2 Å². The molecular weight excluding hydrogens is 404 g/mol. The third kappa shape index (κ3) is 3.97. The number of carbonyl (C=O) groups is 1. The third-order valence-corrected chi connectivity index (χ3v) is 5.70. The maximum absolute atomic E-state index is 13.1. The van der Waals surface area contributed by atoms with Crippen molar-refractivity contribution in [3.8, 4) is 11.1 Å². The summed E-state index contributed by atoms with van der Waals surface area (Å²) in [5, 5.41) is 10.9. The number of likely N-dealkylation sites (N-methyl/N-ethyl adjacent to an activating group) is 1. The van der Waals surface area contributed by atoms with Crippen LogP contribution in [0, 0.1) is 0 Å². The van der Waals surface area contributed by atoms with Crippen LogP contribution in [0.3, 0.4) is 0 Å². The fraction of sp³-hybridized carbons (Fsp3) is 0.217. The molecule has 1 aliphatic heterocycles. The number of rotatable bonds is 4. The number of pyridine rings is 2. The molecule has 0 spiro atoms. The lowest BCUT2D eigenvalue weighted by Crippen LogP contribution is -2.44. The molecule has 0 saturated carbocycles. The van der Waals surface area contributed by atoms with Crippen molar-refractivity contribution < 1.29 is 4.79 Å². The molecule has 0 aliphatic carbocycles. The Hall–Kier alpha value is -3.98. The molecule has 0 radical (unpaired) electrons. The van der Waals surface area contributed by atoms with Crippen LogP contribution in [0.15, 0.2) is 55.0 Å². The highest BCUT2D eigenvalue weighted by molar-refractivity contribution is 6.11. The van der Waals surface area contributed by atoms with E-state index in [0.717, 1.165) is 54.0 Å². The Morgan fingerprint density at radius 3 is 2.72 bits per heavy atom. The molecule has 0 unspecified atom stereocenters. The number of hydrogen-bond donors (Lipinski definition) is 3. The summed E-state index contributed by atoms with van der Waals surface area (Å²) < 4.78 is 0. The van der Waals surface area contributed by atoms with Crippen molar-refractivity contribution >= 4 is 34.0 Å². The minimum atomic E-state index is -0.283. The van der Waals surface area contributed by atoms with Gasteiger partial charge in [-0.05, 0) is 36.9 Å². The maximum Gasteiger partial charge on any atom is 0.276 e. The van der Waals surface area contributed by atoms with Gasteiger partial charge in [0.1, 0.15) is 5.82 Å². The second-order valence-corrected chi connectivity index (χ2v) is 7.99. The third-order valence-electron chi connectivity index (χ3n) is 5.70. The van der Waals surface area contributed by atoms with E-state index in [2.05, 4.69) is 42.3 Å². The molecule has 0 atom stereocenters. The molecule has 3 aromatic heterocycles. The van der Waals surface area contributed by atoms with Crippen LogP contribution >= 0.6 is 0 Å². The second-order valence-electron chi connectivity index (χ2n) is 7.99. The highest BCUT2D eigenvalue weighted by Crippen LogP contribution is 2.27. The Balaban J connectivity index is 1.39. The smallest absolute Gasteiger partial charge is 0.276 e. The van der Waals surface area contributed by atoms with Gasteiger partial charge in [-0.2, -0.15) is 5.10 Å². The quantitative estimate of drug-likeness (QED) is 0.457. The SMILES string of the molecule is CN1CCN(c2cc(NC(=O)c3n[nH]c4ccc(-c5cncc(N)c5)cc34)ccn2)CC1. The van der Waals surface area contributed by atoms with E-state index >= 15 is 0 Å². The number of H-pyrrole nitrogens is 1. The minimum Gasteiger partial charge on any atom is -0.397 e. The first-order chi connectivity index (χ1) is 15.6. The fourth-order valence-electron chi connectivity index (χ4n) is 3.88. The summed E-state index contributed by atoms with van der Waals surface area (Å²) in [7, 11) is 2.12. The zero-order valence-corrected chi connectivity index (χ0v) is 17.7. The fourth-order valence-corrected chi connectivity index (χ4v) is 3.88. The lowest BCUT2D eigenvalue weighted by atomic mass is 10.0. The molecule has 4 aromatic rings. The maximum atomic E-state index is 13.1. The van der Waals surface area contributed by atoms with E-state index < -0.39 is 0 Å². The molecule has 1 amide bonds. The van der Waals surface area contributed by atoms with Crippen molar-refractivity contribution in [2.24, 2.45) is 0 Å². The number of benzene rings is 1. The molecule has 162 valence electrons. The van der Waals surface area contributed by atoms with Gasteiger partial charge in [0.15, 0.2) is 5.69 Å². The summed E-state index contributed by atoms with van der Waals surface area (Å²) in [5.41, 5.74) is 10.0. The highest BCUT2D eigenvalue weighted by Gasteiger charge is 2.18. The molecular formula is C23H24N8O. The number of hydrogen-bond acceptors (Lipinski definition) is 7. The number of nitrogens with one attached hydrogen (secondary N) is 2. The van der Waals surface area contributed by atoms with Gasteiger partial charge >= 0.3 is 0 Å². The zero-order valence-electron chi connectivity index (χ0n) is 17.7. The van der Waals surface area contributed by atoms with E-state index in [1.165, 1.54) is 0 Å². The Morgan fingerprint density at radius 1 is 1.06 bits per heavy atom. The van der Waals surface area contributed by atoms with Crippen LogP contribution in [0.2, 0.25) is 0 Å². The summed E-state index contributed by atoms with van der Waals surface area (Å²) in [4.78, 5) is 26.2. The molecule has 1 aliphatic rings. The van der Waals surface area contributed by atoms with Gasteiger partial charge in [-0.15, -0.1) is 0 Å². The van der Waals surface area contributed by atoms with Gasteiger partial charge in [0.2, 0.25) is 0 Å². The number of amides is 1. The van der Waals surface area contributed by atoms with Crippen molar-refractivity contribution in [3.63, 3.8) is 0 Å². The van der Waals surface area contributed by atoms with Gasteiger partial charge in [-0.1, -0.05) is 6.07 Å². The number of nitrogens with two attached hydrogens (primary N) is 1. The Labute approximate surface area is 185 Å². The van der Waals surface area contributed by atoms with Gasteiger partial charge in [0, 0.05) is 67.5 Å². The van der Waals surface area contributed by atoms with E-state index in [-0.39, 0.29) is 5.91 Å². The summed E-state index contributed by atoms with van der Waals surface area (Å²) in [6, 6.07) is 11.3. The van der Waals surface area contributed by atoms with Crippen molar-refractivity contribution in [2.45, 2.75) is 0 Å². The largest absolute Gasteiger partial charge is 0.397 e. The van der Waals surface area contributed by atoms with Crippen LogP contribution in [0.25, 0.3) is 22.0 Å². The van der Waals surface area contributed by atoms with Crippen LogP contribution in [0.4, 0.5) is 17.2 Å². The molecule has 4 N–H and O–H groups in total. The number of anilines is 3. The van der Waals surface area contributed by atoms with Gasteiger partial charge in [0.05, 0.1) is 11.2 Å². The Bertz CT molecular complexity index is 1280. The van der Waals surface area contributed by atoms with Gasteiger partial charge in [0.25, 0.3) is 5.91 Å². The van der Waals surface area contributed by atoms with E-state index in [1.807, 2.05) is 30.3 Å². The van der Waals surface area contributed by atoms with E-state index in [0.29, 0.717) is 17.1 Å². The van der Waals surface area contributed by atoms with E-state index in [9.17, 15) is 4.79 Å². The molecule has 32 heavy (non-hydrogen) atoms. The van der Waals surface area contributed by atoms with Gasteiger partial charge < -0.3 is 20.9 Å². The Kier molecular flexibility index (Phi) is 5.16. The summed E-state index contributed by atoms with van der Waals surface area (Å²) in [6.45, 7) is 3.80. The highest BCUT2D eigenvalue weighted by atomic mass is 16.1. The van der Waals surface area contributed by atoms with Crippen molar-refractivity contribution in [3.05, 3.63) is 60.7 Å². The van der Waals surface area contributed by atoms with Crippen molar-refractivity contribution in [1.82, 2.24) is 25.1 Å². The van der Waals surface area contributed by atoms with E-state index in [1.54, 1.807) is 24.7 Å². The minimum absolute atomic E-state index is 0.283. The lowest BCUT2D eigenvalue weighted by molar-refractivity contribution is 0.102. The second kappa shape index (κ2) is 8.27. The summed E-state index contributed by atoms with van der Waals surface area (Å²) in [6.07, 6.45) is 5.06. The lowest BCUT2D eigenvalue weighted by Gasteiger charge is -2.33. The summed E-state index contributed by atoms with van der Waals surface area (Å²) in [5.74, 6) is 0.578. The van der Waals surface area contributed by atoms with Crippen LogP contribution in [-0.2, 0) is 0 Å². The van der Waals surface area contributed by atoms with E-state index in [4.69, 9.17) is 5.73 Å². The monoisotopic (exact) mass is 428 g/mol. The molecule has 4 heterocycles. The van der Waals surface area contributed by atoms with Gasteiger partial charge in [-0.3, -0.25) is 14.9 Å². The first-order valence-corrected chi connectivity index (χ1v) is 10.5. The molecule has 0 bridgehead atoms. The number of nitrogen functional groups attached to an aromatic ring is 1. The van der Waals surface area contributed by atoms with Crippen molar-refractivity contribution in [2.75, 3.05) is 49.2 Å². The number of aromatic amines is 1. The molecule has 1 aromatic carbocycles. The predicted octanol–water partition coefficient (Wildman–Crippen LogP) is 2.61. The number of nitrogens with zero attached hydrogens (tertiary/aromatic N) is 5. The van der Waals surface area contributed by atoms with Gasteiger partial charge in [-0.25, -0.2) is 4.98 Å². The average molecular weight is 429 g/mol. The first-order valence-electron chi connectivity index (χ1n) is 10.5. The first kappa shape index (κ1) is 20.0. The molecule has 9 heteroatoms. The molecule has 9 nitrogen and oxygen atoms in total. The average Bonchev–Trinajstić information content (AvgIpc) is 3.23. The predicted molar refractivity (Wildman–Crippen MR) is 126 cm³/mol. The Morgan fingerprint density at radius 2 is 1.91 bits per heavy atom. The number of carbonyl (C=O) groups excluding carboxylic acids is 1. The number of piperazine rings is 1. The number of aromatic nitrogens is 4. The number of fused-ring (bicyclic) bond motifs is 1. The summed E-state index contributed by atoms with van der Waals surface area (Å²) >= 11 is 0. The molecule has 5 rings (SSSR count). The van der Waals surface area contributed by atoms with Crippen LogP contribution < -0.4 is 16.0 Å². The normalized spacial score (nSPS) is 14.6. The van der Waals surface area contributed by atoms with Crippen LogP contribution in [0.5, 0.6) is 0 Å². The van der Waals surface area contributed by atoms with Crippen molar-refractivity contribution in [1.29, 1.82) is 0 Å². The van der Waals surface area contributed by atoms with Crippen LogP contribution in [0.1, 0.15) is 10.5 Å². The molecule has 1 saturated heterocycles. The standard InChI is InChI=1S/C23H24N8O/c1-30-6-8-31(9-7-30)21-12-18(4-5-26-21)27-23(32)22-19-11-15(2-3-20(19)28-29-22)16-10-17(24)14-25-13-16/h2-5,10-14H,6-9,24H2,1H3,(H,28,29)(H,26,27,32). The topological polar surface area (TPSA) is 116 Å². The molecule has 1 fully saturated rings.